The lowest BCUT2D eigenvalue weighted by atomic mass is 10.1. The van der Waals surface area contributed by atoms with Gasteiger partial charge >= 0.3 is 0 Å². The first-order valence-corrected chi connectivity index (χ1v) is 13.0. The fourth-order valence-electron chi connectivity index (χ4n) is 5.17. The number of piperazine rings is 1. The molecular weight excluding hydrogens is 508 g/mol. The number of hydrogen-bond acceptors (Lipinski definition) is 8. The second-order valence-corrected chi connectivity index (χ2v) is 9.75. The molecule has 4 aromatic rings. The molecule has 39 heavy (non-hydrogen) atoms. The first-order chi connectivity index (χ1) is 18.9. The Morgan fingerprint density at radius 3 is 2.49 bits per heavy atom. The quantitative estimate of drug-likeness (QED) is 0.378. The lowest BCUT2D eigenvalue weighted by Crippen LogP contribution is -2.50. The smallest absolute Gasteiger partial charge is 0.296 e. The number of aromatic nitrogens is 4. The topological polar surface area (TPSA) is 92.8 Å². The zero-order valence-corrected chi connectivity index (χ0v) is 21.7. The summed E-state index contributed by atoms with van der Waals surface area (Å²) in [4.78, 5) is 32.4. The minimum absolute atomic E-state index is 0.0196. The molecule has 1 amide bonds. The van der Waals surface area contributed by atoms with Gasteiger partial charge in [0.1, 0.15) is 11.6 Å². The summed E-state index contributed by atoms with van der Waals surface area (Å²) in [6, 6.07) is 12.2. The van der Waals surface area contributed by atoms with Crippen LogP contribution in [0.4, 0.5) is 20.4 Å². The Kier molecular flexibility index (Phi) is 6.63. The average molecular weight is 538 g/mol. The van der Waals surface area contributed by atoms with Gasteiger partial charge in [0.05, 0.1) is 36.0 Å². The summed E-state index contributed by atoms with van der Waals surface area (Å²) in [5.41, 5.74) is 0.954. The highest BCUT2D eigenvalue weighted by Crippen LogP contribution is 2.31. The van der Waals surface area contributed by atoms with E-state index < -0.39 is 12.2 Å². The third-order valence-corrected chi connectivity index (χ3v) is 7.47. The van der Waals surface area contributed by atoms with Crippen molar-refractivity contribution in [1.82, 2.24) is 24.4 Å². The Labute approximate surface area is 223 Å². The zero-order valence-electron chi connectivity index (χ0n) is 21.7. The van der Waals surface area contributed by atoms with Crippen LogP contribution in [0.5, 0.6) is 0 Å². The largest absolute Gasteiger partial charge is 0.459 e. The summed E-state index contributed by atoms with van der Waals surface area (Å²) >= 11 is 0. The van der Waals surface area contributed by atoms with Gasteiger partial charge in [-0.2, -0.15) is 9.97 Å². The molecule has 6 rings (SSSR count). The number of hydrogen-bond donors (Lipinski definition) is 0. The van der Waals surface area contributed by atoms with E-state index in [4.69, 9.17) is 19.1 Å². The average Bonchev–Trinajstić information content (AvgIpc) is 3.63. The summed E-state index contributed by atoms with van der Waals surface area (Å²) in [6.45, 7) is 7.18. The zero-order chi connectivity index (χ0) is 27.1. The maximum Gasteiger partial charge on any atom is 0.296 e. The van der Waals surface area contributed by atoms with Crippen LogP contribution in [-0.2, 0) is 4.74 Å². The number of carbonyl (C=O) groups is 1. The van der Waals surface area contributed by atoms with E-state index >= 15 is 0 Å². The minimum atomic E-state index is -2.81. The van der Waals surface area contributed by atoms with Crippen molar-refractivity contribution in [3.05, 3.63) is 60.3 Å². The number of carbonyl (C=O) groups excluding carboxylic acids is 1. The lowest BCUT2D eigenvalue weighted by Gasteiger charge is -2.39. The summed E-state index contributed by atoms with van der Waals surface area (Å²) in [5.74, 6) is 1.10. The van der Waals surface area contributed by atoms with Crippen molar-refractivity contribution < 1.29 is 22.7 Å². The maximum absolute atomic E-state index is 14.2. The van der Waals surface area contributed by atoms with Crippen molar-refractivity contribution in [1.29, 1.82) is 0 Å². The number of alkyl halides is 2. The van der Waals surface area contributed by atoms with Crippen molar-refractivity contribution in [2.45, 2.75) is 32.4 Å². The molecule has 0 aliphatic carbocycles. The monoisotopic (exact) mass is 537 g/mol. The summed E-state index contributed by atoms with van der Waals surface area (Å²) in [5, 5.41) is 0. The van der Waals surface area contributed by atoms with Gasteiger partial charge in [0.2, 0.25) is 5.95 Å². The van der Waals surface area contributed by atoms with E-state index in [0.29, 0.717) is 67.8 Å². The van der Waals surface area contributed by atoms with Crippen LogP contribution >= 0.6 is 0 Å². The molecule has 2 aliphatic heterocycles. The van der Waals surface area contributed by atoms with Gasteiger partial charge in [0.25, 0.3) is 12.3 Å². The predicted octanol–water partition coefficient (Wildman–Crippen LogP) is 3.92. The molecule has 1 aromatic carbocycles. The second-order valence-electron chi connectivity index (χ2n) is 9.75. The number of ether oxygens (including phenoxy) is 1. The third kappa shape index (κ3) is 4.69. The molecule has 2 saturated heterocycles. The molecule has 10 nitrogen and oxygen atoms in total. The van der Waals surface area contributed by atoms with Crippen LogP contribution < -0.4 is 9.80 Å². The standard InChI is InChI=1S/C27H29F2N7O3/c1-17-18(2)38-15-13-35(17)23-16-22(33-9-11-34(12-10-33)26(37)21-8-5-14-39-21)31-27(32-23)36-20-7-4-3-6-19(20)30-25(36)24(28)29/h3-8,14,16-18,24H,9-13,15H2,1-2H3. The number of rotatable bonds is 5. The minimum Gasteiger partial charge on any atom is -0.459 e. The van der Waals surface area contributed by atoms with E-state index in [-0.39, 0.29) is 24.0 Å². The maximum atomic E-state index is 14.2. The van der Waals surface area contributed by atoms with Gasteiger partial charge in [-0.15, -0.1) is 0 Å². The van der Waals surface area contributed by atoms with Gasteiger partial charge in [-0.25, -0.2) is 13.8 Å². The molecule has 5 heterocycles. The van der Waals surface area contributed by atoms with Gasteiger partial charge in [-0.1, -0.05) is 12.1 Å². The van der Waals surface area contributed by atoms with Crippen LogP contribution in [0.25, 0.3) is 17.0 Å². The Bertz CT molecular complexity index is 1470. The number of imidazole rings is 1. The molecule has 2 atom stereocenters. The van der Waals surface area contributed by atoms with E-state index in [1.807, 2.05) is 13.0 Å². The number of para-hydroxylation sites is 2. The van der Waals surface area contributed by atoms with Gasteiger partial charge in [0, 0.05) is 38.8 Å². The highest BCUT2D eigenvalue weighted by molar-refractivity contribution is 5.91. The molecule has 2 aliphatic rings. The number of fused-ring (bicyclic) bond motifs is 1. The summed E-state index contributed by atoms with van der Waals surface area (Å²) < 4.78 is 40.8. The predicted molar refractivity (Wildman–Crippen MR) is 141 cm³/mol. The van der Waals surface area contributed by atoms with Crippen LogP contribution in [0.1, 0.15) is 36.7 Å². The summed E-state index contributed by atoms with van der Waals surface area (Å²) in [7, 11) is 0. The molecule has 0 N–H and O–H groups in total. The van der Waals surface area contributed by atoms with Crippen LogP contribution in [0, 0.1) is 0 Å². The highest BCUT2D eigenvalue weighted by atomic mass is 19.3. The number of morpholine rings is 1. The van der Waals surface area contributed by atoms with Gasteiger partial charge in [-0.05, 0) is 38.1 Å². The number of nitrogens with zero attached hydrogens (tertiary/aromatic N) is 7. The molecule has 0 bridgehead atoms. The number of benzene rings is 1. The van der Waals surface area contributed by atoms with Crippen molar-refractivity contribution in [2.75, 3.05) is 49.1 Å². The fraction of sp³-hybridized carbons (Fsp3) is 0.407. The van der Waals surface area contributed by atoms with Crippen LogP contribution in [0.15, 0.2) is 53.1 Å². The van der Waals surface area contributed by atoms with E-state index in [1.54, 1.807) is 41.3 Å². The SMILES string of the molecule is CC1OCCN(c2cc(N3CCN(C(=O)c4ccco4)CC3)nc(-n3c(C(F)F)nc4ccccc43)n2)C1C. The molecule has 3 aromatic heterocycles. The second kappa shape index (κ2) is 10.3. The Morgan fingerprint density at radius 1 is 0.974 bits per heavy atom. The molecule has 204 valence electrons. The van der Waals surface area contributed by atoms with E-state index in [9.17, 15) is 13.6 Å². The van der Waals surface area contributed by atoms with Crippen LogP contribution in [-0.4, -0.2) is 81.8 Å². The summed E-state index contributed by atoms with van der Waals surface area (Å²) in [6.07, 6.45) is -1.36. The molecule has 2 fully saturated rings. The normalized spacial score (nSPS) is 20.3. The Balaban J connectivity index is 1.39. The molecule has 2 unspecified atom stereocenters. The molecule has 0 spiro atoms. The third-order valence-electron chi connectivity index (χ3n) is 7.47. The van der Waals surface area contributed by atoms with Crippen LogP contribution in [0.3, 0.4) is 0 Å². The van der Waals surface area contributed by atoms with Gasteiger partial charge < -0.3 is 23.9 Å². The molecule has 12 heteroatoms. The Hall–Kier alpha value is -4.06. The number of halogens is 2. The van der Waals surface area contributed by atoms with Gasteiger partial charge in [-0.3, -0.25) is 9.36 Å². The first-order valence-electron chi connectivity index (χ1n) is 13.0. The number of amides is 1. The van der Waals surface area contributed by atoms with E-state index in [2.05, 4.69) is 21.7 Å². The molecular formula is C27H29F2N7O3. The number of anilines is 2. The van der Waals surface area contributed by atoms with Crippen molar-refractivity contribution in [2.24, 2.45) is 0 Å². The fourth-order valence-corrected chi connectivity index (χ4v) is 5.17. The van der Waals surface area contributed by atoms with Gasteiger partial charge in [0.15, 0.2) is 11.6 Å². The lowest BCUT2D eigenvalue weighted by molar-refractivity contribution is 0.0281. The van der Waals surface area contributed by atoms with Crippen LogP contribution in [0.2, 0.25) is 0 Å². The Morgan fingerprint density at radius 2 is 1.74 bits per heavy atom. The van der Waals surface area contributed by atoms with E-state index in [1.165, 1.54) is 10.8 Å². The van der Waals surface area contributed by atoms with E-state index in [0.717, 1.165) is 0 Å². The van der Waals surface area contributed by atoms with Crippen molar-refractivity contribution in [3.8, 4) is 5.95 Å². The molecule has 0 radical (unpaired) electrons. The van der Waals surface area contributed by atoms with Crippen molar-refractivity contribution in [3.63, 3.8) is 0 Å². The molecule has 0 saturated carbocycles. The van der Waals surface area contributed by atoms with Crippen molar-refractivity contribution >= 4 is 28.6 Å². The number of furan rings is 1. The highest BCUT2D eigenvalue weighted by Gasteiger charge is 2.30. The first kappa shape index (κ1) is 25.2.